The van der Waals surface area contributed by atoms with Crippen molar-refractivity contribution in [3.63, 3.8) is 0 Å². The van der Waals surface area contributed by atoms with Crippen LogP contribution in [0.3, 0.4) is 0 Å². The van der Waals surface area contributed by atoms with Gasteiger partial charge in [0.15, 0.2) is 0 Å². The summed E-state index contributed by atoms with van der Waals surface area (Å²) in [5.41, 5.74) is 9.60. The molecule has 3 rings (SSSR count). The largest absolute Gasteiger partial charge is 0.368 e. The number of nitrogens with one attached hydrogen (secondary N) is 1. The average molecular weight is 322 g/mol. The minimum absolute atomic E-state index is 0.00154. The number of carbonyl (C=O) groups is 2. The van der Waals surface area contributed by atoms with Gasteiger partial charge in [0.25, 0.3) is 0 Å². The van der Waals surface area contributed by atoms with Crippen LogP contribution >= 0.6 is 0 Å². The van der Waals surface area contributed by atoms with Crippen LogP contribution < -0.4 is 11.1 Å². The zero-order valence-corrected chi connectivity index (χ0v) is 14.0. The molecule has 0 saturated heterocycles. The van der Waals surface area contributed by atoms with Gasteiger partial charge in [-0.3, -0.25) is 9.59 Å². The second kappa shape index (κ2) is 6.48. The highest BCUT2D eigenvalue weighted by molar-refractivity contribution is 5.98. The van der Waals surface area contributed by atoms with Gasteiger partial charge in [0.2, 0.25) is 11.8 Å². The minimum atomic E-state index is -0.651. The van der Waals surface area contributed by atoms with E-state index in [1.165, 1.54) is 0 Å². The second-order valence-corrected chi connectivity index (χ2v) is 6.38. The number of amides is 2. The smallest absolute Gasteiger partial charge is 0.240 e. The van der Waals surface area contributed by atoms with Crippen molar-refractivity contribution in [3.8, 4) is 11.1 Å². The Balaban J connectivity index is 1.97. The second-order valence-electron chi connectivity index (χ2n) is 6.38. The van der Waals surface area contributed by atoms with Crippen molar-refractivity contribution in [2.24, 2.45) is 11.7 Å². The van der Waals surface area contributed by atoms with Gasteiger partial charge in [0.05, 0.1) is 5.92 Å². The molecule has 2 atom stereocenters. The topological polar surface area (TPSA) is 72.2 Å². The van der Waals surface area contributed by atoms with Crippen molar-refractivity contribution in [1.29, 1.82) is 0 Å². The molecule has 0 unspecified atom stereocenters. The third-order valence-corrected chi connectivity index (χ3v) is 4.91. The Morgan fingerprint density at radius 3 is 2.00 bits per heavy atom. The lowest BCUT2D eigenvalue weighted by atomic mass is 9.93. The summed E-state index contributed by atoms with van der Waals surface area (Å²) in [6.07, 6.45) is 0.770. The number of carbonyl (C=O) groups excluding carboxylic acids is 2. The van der Waals surface area contributed by atoms with E-state index in [0.29, 0.717) is 0 Å². The Labute approximate surface area is 142 Å². The van der Waals surface area contributed by atoms with Crippen LogP contribution in [0.15, 0.2) is 48.5 Å². The van der Waals surface area contributed by atoms with Gasteiger partial charge in [-0.2, -0.15) is 0 Å². The molecule has 3 N–H and O–H groups in total. The Bertz CT molecular complexity index is 739. The van der Waals surface area contributed by atoms with E-state index in [9.17, 15) is 9.59 Å². The normalized spacial score (nSPS) is 15.2. The molecule has 4 heteroatoms. The highest BCUT2D eigenvalue weighted by Crippen LogP contribution is 2.44. The fourth-order valence-electron chi connectivity index (χ4n) is 3.40. The molecule has 1 aliphatic rings. The maximum Gasteiger partial charge on any atom is 0.240 e. The predicted molar refractivity (Wildman–Crippen MR) is 94.3 cm³/mol. The fraction of sp³-hybridized carbons (Fsp3) is 0.300. The van der Waals surface area contributed by atoms with Crippen LogP contribution in [0, 0.1) is 5.92 Å². The van der Waals surface area contributed by atoms with Gasteiger partial charge >= 0.3 is 0 Å². The van der Waals surface area contributed by atoms with Gasteiger partial charge in [-0.25, -0.2) is 0 Å². The molecule has 0 fully saturated rings. The molecule has 1 aliphatic carbocycles. The standard InChI is InChI=1S/C20H22N2O2/c1-3-12(2)18(19(21)23)22-20(24)17-15-10-6-4-8-13(15)14-9-5-7-11-16(14)17/h4-12,17-18H,3H2,1-2H3,(H2,21,23)(H,22,24)/t12-,18-/m1/s1. The summed E-state index contributed by atoms with van der Waals surface area (Å²) in [7, 11) is 0. The average Bonchev–Trinajstić information content (AvgIpc) is 2.93. The Kier molecular flexibility index (Phi) is 4.38. The molecule has 0 aromatic heterocycles. The van der Waals surface area contributed by atoms with Gasteiger partial charge < -0.3 is 11.1 Å². The Morgan fingerprint density at radius 2 is 1.54 bits per heavy atom. The van der Waals surface area contributed by atoms with Crippen LogP contribution in [-0.4, -0.2) is 17.9 Å². The first-order chi connectivity index (χ1) is 11.5. The number of nitrogens with two attached hydrogens (primary N) is 1. The lowest BCUT2D eigenvalue weighted by Crippen LogP contribution is -2.49. The molecule has 2 aromatic carbocycles. The molecule has 24 heavy (non-hydrogen) atoms. The van der Waals surface area contributed by atoms with Crippen molar-refractivity contribution in [1.82, 2.24) is 5.32 Å². The van der Waals surface area contributed by atoms with Crippen LogP contribution in [0.25, 0.3) is 11.1 Å². The molecule has 0 aliphatic heterocycles. The zero-order valence-electron chi connectivity index (χ0n) is 14.0. The van der Waals surface area contributed by atoms with E-state index in [0.717, 1.165) is 28.7 Å². The van der Waals surface area contributed by atoms with Crippen molar-refractivity contribution in [3.05, 3.63) is 59.7 Å². The lowest BCUT2D eigenvalue weighted by molar-refractivity contribution is -0.128. The third-order valence-electron chi connectivity index (χ3n) is 4.91. The van der Waals surface area contributed by atoms with E-state index < -0.39 is 17.9 Å². The predicted octanol–water partition coefficient (Wildman–Crippen LogP) is 2.82. The zero-order chi connectivity index (χ0) is 17.3. The molecule has 4 nitrogen and oxygen atoms in total. The molecule has 2 amide bonds. The molecule has 0 radical (unpaired) electrons. The molecule has 0 heterocycles. The summed E-state index contributed by atoms with van der Waals surface area (Å²) in [5, 5.41) is 2.88. The molecule has 2 aromatic rings. The summed E-state index contributed by atoms with van der Waals surface area (Å²) >= 11 is 0. The van der Waals surface area contributed by atoms with Gasteiger partial charge in [-0.15, -0.1) is 0 Å². The Morgan fingerprint density at radius 1 is 1.04 bits per heavy atom. The molecule has 124 valence electrons. The molecule has 0 spiro atoms. The number of primary amides is 1. The highest BCUT2D eigenvalue weighted by atomic mass is 16.2. The van der Waals surface area contributed by atoms with E-state index in [4.69, 9.17) is 5.73 Å². The number of hydrogen-bond donors (Lipinski definition) is 2. The van der Waals surface area contributed by atoms with Crippen LogP contribution in [0.5, 0.6) is 0 Å². The highest BCUT2D eigenvalue weighted by Gasteiger charge is 2.35. The maximum absolute atomic E-state index is 13.0. The van der Waals surface area contributed by atoms with Gasteiger partial charge in [-0.05, 0) is 28.2 Å². The summed E-state index contributed by atoms with van der Waals surface area (Å²) < 4.78 is 0. The van der Waals surface area contributed by atoms with E-state index in [1.54, 1.807) is 0 Å². The van der Waals surface area contributed by atoms with E-state index >= 15 is 0 Å². The van der Waals surface area contributed by atoms with E-state index in [1.807, 2.05) is 62.4 Å². The quantitative estimate of drug-likeness (QED) is 0.888. The lowest BCUT2D eigenvalue weighted by Gasteiger charge is -2.23. The first-order valence-corrected chi connectivity index (χ1v) is 8.32. The third kappa shape index (κ3) is 2.68. The SMILES string of the molecule is CC[C@@H](C)[C@@H](NC(=O)C1c2ccccc2-c2ccccc21)C(N)=O. The van der Waals surface area contributed by atoms with E-state index in [2.05, 4.69) is 5.32 Å². The summed E-state index contributed by atoms with van der Waals surface area (Å²) in [5.74, 6) is -1.06. The van der Waals surface area contributed by atoms with Crippen LogP contribution in [0.4, 0.5) is 0 Å². The van der Waals surface area contributed by atoms with Crippen molar-refractivity contribution in [2.75, 3.05) is 0 Å². The molecule has 0 bridgehead atoms. The van der Waals surface area contributed by atoms with Crippen LogP contribution in [-0.2, 0) is 9.59 Å². The first kappa shape index (κ1) is 16.2. The molecule has 0 saturated carbocycles. The van der Waals surface area contributed by atoms with Gasteiger partial charge in [0, 0.05) is 0 Å². The van der Waals surface area contributed by atoms with Gasteiger partial charge in [0.1, 0.15) is 6.04 Å². The number of benzene rings is 2. The van der Waals surface area contributed by atoms with E-state index in [-0.39, 0.29) is 11.8 Å². The maximum atomic E-state index is 13.0. The Hall–Kier alpha value is -2.62. The van der Waals surface area contributed by atoms with Crippen molar-refractivity contribution >= 4 is 11.8 Å². The minimum Gasteiger partial charge on any atom is -0.368 e. The van der Waals surface area contributed by atoms with Crippen LogP contribution in [0.2, 0.25) is 0 Å². The monoisotopic (exact) mass is 322 g/mol. The summed E-state index contributed by atoms with van der Waals surface area (Å²) in [4.78, 5) is 24.7. The number of fused-ring (bicyclic) bond motifs is 3. The van der Waals surface area contributed by atoms with Crippen LogP contribution in [0.1, 0.15) is 37.3 Å². The summed E-state index contributed by atoms with van der Waals surface area (Å²) in [6, 6.07) is 15.2. The summed E-state index contributed by atoms with van der Waals surface area (Å²) in [6.45, 7) is 3.90. The van der Waals surface area contributed by atoms with Crippen molar-refractivity contribution in [2.45, 2.75) is 32.2 Å². The fourth-order valence-corrected chi connectivity index (χ4v) is 3.40. The first-order valence-electron chi connectivity index (χ1n) is 8.32. The molecular formula is C20H22N2O2. The molecular weight excluding hydrogens is 300 g/mol. The number of rotatable bonds is 5. The number of hydrogen-bond acceptors (Lipinski definition) is 2. The van der Waals surface area contributed by atoms with Crippen molar-refractivity contribution < 1.29 is 9.59 Å². The van der Waals surface area contributed by atoms with Gasteiger partial charge in [-0.1, -0.05) is 68.8 Å².